The molecule has 0 N–H and O–H groups in total. The molecule has 0 radical (unpaired) electrons. The molecule has 84 valence electrons. The zero-order chi connectivity index (χ0) is 11.4. The number of hydrogen-bond acceptors (Lipinski definition) is 2. The van der Waals surface area contributed by atoms with Crippen LogP contribution in [0.2, 0.25) is 0 Å². The summed E-state index contributed by atoms with van der Waals surface area (Å²) in [6, 6.07) is 6.75. The number of rotatable bonds is 4. The first-order valence-corrected chi connectivity index (χ1v) is 6.58. The van der Waals surface area contributed by atoms with Gasteiger partial charge in [-0.05, 0) is 56.5 Å². The van der Waals surface area contributed by atoms with E-state index in [-0.39, 0.29) is 5.82 Å². The highest BCUT2D eigenvalue weighted by Crippen LogP contribution is 2.21. The quantitative estimate of drug-likeness (QED) is 0.819. The minimum atomic E-state index is -0.273. The molecule has 0 atom stereocenters. The van der Waals surface area contributed by atoms with E-state index >= 15 is 0 Å². The molecule has 1 heterocycles. The van der Waals surface area contributed by atoms with E-state index in [9.17, 15) is 4.39 Å². The Morgan fingerprint density at radius 1 is 1.31 bits per heavy atom. The van der Waals surface area contributed by atoms with E-state index in [1.165, 1.54) is 11.6 Å². The predicted molar refractivity (Wildman–Crippen MR) is 67.6 cm³/mol. The van der Waals surface area contributed by atoms with Crippen LogP contribution in [0.3, 0.4) is 0 Å². The predicted octanol–water partition coefficient (Wildman–Crippen LogP) is 4.27. The lowest BCUT2D eigenvalue weighted by Crippen LogP contribution is -2.00. The van der Waals surface area contributed by atoms with E-state index in [2.05, 4.69) is 27.4 Å². The Hall–Kier alpha value is -0.870. The Kier molecular flexibility index (Phi) is 3.96. The zero-order valence-electron chi connectivity index (χ0n) is 8.45. The molecule has 0 amide bonds. The molecule has 4 heteroatoms. The molecule has 0 fully saturated rings. The fourth-order valence-electron chi connectivity index (χ4n) is 1.29. The summed E-state index contributed by atoms with van der Waals surface area (Å²) in [6.07, 6.45) is 0.874. The van der Waals surface area contributed by atoms with Crippen molar-refractivity contribution in [3.05, 3.63) is 50.9 Å². The number of ether oxygens (including phenoxy) is 1. The SMILES string of the molecule is Fc1ccc(OCCc2ccsc2)cc1Br. The third-order valence-electron chi connectivity index (χ3n) is 2.13. The van der Waals surface area contributed by atoms with Crippen molar-refractivity contribution < 1.29 is 9.13 Å². The van der Waals surface area contributed by atoms with Gasteiger partial charge in [0.15, 0.2) is 0 Å². The zero-order valence-corrected chi connectivity index (χ0v) is 10.9. The number of halogens is 2. The Bertz CT molecular complexity index is 456. The van der Waals surface area contributed by atoms with Crippen LogP contribution in [0.15, 0.2) is 39.5 Å². The van der Waals surface area contributed by atoms with Gasteiger partial charge in [-0.15, -0.1) is 0 Å². The minimum Gasteiger partial charge on any atom is -0.493 e. The lowest BCUT2D eigenvalue weighted by molar-refractivity contribution is 0.321. The highest BCUT2D eigenvalue weighted by molar-refractivity contribution is 9.10. The Morgan fingerprint density at radius 3 is 2.88 bits per heavy atom. The molecule has 2 aromatic rings. The molecule has 0 saturated heterocycles. The van der Waals surface area contributed by atoms with Crippen molar-refractivity contribution in [2.24, 2.45) is 0 Å². The molecule has 0 aliphatic rings. The number of hydrogen-bond donors (Lipinski definition) is 0. The summed E-state index contributed by atoms with van der Waals surface area (Å²) in [5.41, 5.74) is 1.27. The van der Waals surface area contributed by atoms with E-state index in [0.29, 0.717) is 16.8 Å². The summed E-state index contributed by atoms with van der Waals surface area (Å²) in [7, 11) is 0. The highest BCUT2D eigenvalue weighted by Gasteiger charge is 2.01. The van der Waals surface area contributed by atoms with E-state index in [1.54, 1.807) is 23.5 Å². The molecule has 1 nitrogen and oxygen atoms in total. The van der Waals surface area contributed by atoms with Gasteiger partial charge in [-0.2, -0.15) is 11.3 Å². The molecule has 1 aromatic carbocycles. The van der Waals surface area contributed by atoms with Crippen molar-refractivity contribution in [2.75, 3.05) is 6.61 Å². The van der Waals surface area contributed by atoms with Crippen molar-refractivity contribution in [1.82, 2.24) is 0 Å². The molecule has 0 unspecified atom stereocenters. The van der Waals surface area contributed by atoms with Crippen molar-refractivity contribution in [3.8, 4) is 5.75 Å². The van der Waals surface area contributed by atoms with Crippen LogP contribution in [0.5, 0.6) is 5.75 Å². The van der Waals surface area contributed by atoms with Gasteiger partial charge in [0.1, 0.15) is 11.6 Å². The maximum atomic E-state index is 12.9. The molecular weight excluding hydrogens is 291 g/mol. The van der Waals surface area contributed by atoms with E-state index in [4.69, 9.17) is 4.74 Å². The van der Waals surface area contributed by atoms with Gasteiger partial charge >= 0.3 is 0 Å². The first kappa shape index (κ1) is 11.6. The van der Waals surface area contributed by atoms with Gasteiger partial charge in [-0.3, -0.25) is 0 Å². The smallest absolute Gasteiger partial charge is 0.137 e. The van der Waals surface area contributed by atoms with Gasteiger partial charge in [0.25, 0.3) is 0 Å². The van der Waals surface area contributed by atoms with Crippen LogP contribution < -0.4 is 4.74 Å². The summed E-state index contributed by atoms with van der Waals surface area (Å²) in [4.78, 5) is 0. The first-order valence-electron chi connectivity index (χ1n) is 4.84. The van der Waals surface area contributed by atoms with Gasteiger partial charge in [-0.1, -0.05) is 0 Å². The second-order valence-electron chi connectivity index (χ2n) is 3.31. The van der Waals surface area contributed by atoms with Crippen LogP contribution in [0.1, 0.15) is 5.56 Å². The molecule has 0 spiro atoms. The lowest BCUT2D eigenvalue weighted by Gasteiger charge is -2.05. The van der Waals surface area contributed by atoms with Crippen LogP contribution in [0.4, 0.5) is 4.39 Å². The molecular formula is C12H10BrFOS. The average molecular weight is 301 g/mol. The van der Waals surface area contributed by atoms with Gasteiger partial charge in [0.2, 0.25) is 0 Å². The Balaban J connectivity index is 1.87. The minimum absolute atomic E-state index is 0.273. The van der Waals surface area contributed by atoms with Crippen LogP contribution in [-0.2, 0) is 6.42 Å². The topological polar surface area (TPSA) is 9.23 Å². The van der Waals surface area contributed by atoms with Crippen molar-refractivity contribution >= 4 is 27.3 Å². The van der Waals surface area contributed by atoms with Gasteiger partial charge in [0, 0.05) is 6.42 Å². The van der Waals surface area contributed by atoms with E-state index in [1.807, 2.05) is 5.38 Å². The van der Waals surface area contributed by atoms with Gasteiger partial charge in [0.05, 0.1) is 11.1 Å². The largest absolute Gasteiger partial charge is 0.493 e. The first-order chi connectivity index (χ1) is 7.75. The Labute approximate surface area is 106 Å². The summed E-state index contributed by atoms with van der Waals surface area (Å²) >= 11 is 4.80. The molecule has 1 aromatic heterocycles. The molecule has 2 rings (SSSR count). The summed E-state index contributed by atoms with van der Waals surface area (Å²) < 4.78 is 18.9. The summed E-state index contributed by atoms with van der Waals surface area (Å²) in [5, 5.41) is 4.15. The monoisotopic (exact) mass is 300 g/mol. The maximum absolute atomic E-state index is 12.9. The van der Waals surface area contributed by atoms with Crippen molar-refractivity contribution in [2.45, 2.75) is 6.42 Å². The van der Waals surface area contributed by atoms with Gasteiger partial charge < -0.3 is 4.74 Å². The molecule has 0 aliphatic carbocycles. The highest BCUT2D eigenvalue weighted by atomic mass is 79.9. The number of benzene rings is 1. The van der Waals surface area contributed by atoms with Crippen molar-refractivity contribution in [1.29, 1.82) is 0 Å². The summed E-state index contributed by atoms with van der Waals surface area (Å²) in [6.45, 7) is 0.606. The second-order valence-corrected chi connectivity index (χ2v) is 4.94. The van der Waals surface area contributed by atoms with Crippen molar-refractivity contribution in [3.63, 3.8) is 0 Å². The van der Waals surface area contributed by atoms with Gasteiger partial charge in [-0.25, -0.2) is 4.39 Å². The third-order valence-corrected chi connectivity index (χ3v) is 3.47. The molecule has 0 saturated carbocycles. The van der Waals surface area contributed by atoms with Crippen LogP contribution >= 0.6 is 27.3 Å². The second kappa shape index (κ2) is 5.46. The standard InChI is InChI=1S/C12H10BrFOS/c13-11-7-10(1-2-12(11)14)15-5-3-9-4-6-16-8-9/h1-2,4,6-8H,3,5H2. The number of thiophene rings is 1. The fourth-order valence-corrected chi connectivity index (χ4v) is 2.35. The molecule has 16 heavy (non-hydrogen) atoms. The van der Waals surface area contributed by atoms with E-state index < -0.39 is 0 Å². The average Bonchev–Trinajstić information content (AvgIpc) is 2.76. The Morgan fingerprint density at radius 2 is 2.19 bits per heavy atom. The van der Waals surface area contributed by atoms with Crippen LogP contribution in [0, 0.1) is 5.82 Å². The molecule has 0 aliphatic heterocycles. The lowest BCUT2D eigenvalue weighted by atomic mass is 10.2. The molecule has 0 bridgehead atoms. The normalized spacial score (nSPS) is 10.4. The maximum Gasteiger partial charge on any atom is 0.137 e. The third kappa shape index (κ3) is 3.06. The fraction of sp³-hybridized carbons (Fsp3) is 0.167. The van der Waals surface area contributed by atoms with Crippen LogP contribution in [0.25, 0.3) is 0 Å². The summed E-state index contributed by atoms with van der Waals surface area (Å²) in [5.74, 6) is 0.411. The van der Waals surface area contributed by atoms with E-state index in [0.717, 1.165) is 6.42 Å². The van der Waals surface area contributed by atoms with Crippen LogP contribution in [-0.4, -0.2) is 6.61 Å².